The smallest absolute Gasteiger partial charge is 0.282 e. The summed E-state index contributed by atoms with van der Waals surface area (Å²) < 4.78 is 20.0. The van der Waals surface area contributed by atoms with Crippen molar-refractivity contribution in [3.8, 4) is 0 Å². The van der Waals surface area contributed by atoms with E-state index in [0.717, 1.165) is 0 Å². The molecule has 16 heavy (non-hydrogen) atoms. The lowest BCUT2D eigenvalue weighted by atomic mass is 10.4. The molecular formula is C9H19N3O3Si. The van der Waals surface area contributed by atoms with Crippen LogP contribution in [0.4, 0.5) is 0 Å². The van der Waals surface area contributed by atoms with E-state index in [2.05, 4.69) is 9.69 Å². The molecule has 0 N–H and O–H groups in total. The zero-order valence-corrected chi connectivity index (χ0v) is 11.1. The summed E-state index contributed by atoms with van der Waals surface area (Å²) in [5.74, 6) is -0.976. The second kappa shape index (κ2) is 9.62. The van der Waals surface area contributed by atoms with Crippen LogP contribution in [-0.4, -0.2) is 35.5 Å². The van der Waals surface area contributed by atoms with E-state index in [4.69, 9.17) is 19.7 Å². The van der Waals surface area contributed by atoms with Gasteiger partial charge in [-0.25, -0.2) is 0 Å². The third-order valence-electron chi connectivity index (χ3n) is 1.75. The van der Waals surface area contributed by atoms with Gasteiger partial charge < -0.3 is 14.2 Å². The average molecular weight is 245 g/mol. The molecule has 6 nitrogen and oxygen atoms in total. The van der Waals surface area contributed by atoms with E-state index < -0.39 is 5.97 Å². The van der Waals surface area contributed by atoms with Gasteiger partial charge in [-0.2, -0.15) is 0 Å². The highest BCUT2D eigenvalue weighted by molar-refractivity contribution is 6.32. The Bertz CT molecular complexity index is 205. The fourth-order valence-electron chi connectivity index (χ4n) is 1.29. The highest BCUT2D eigenvalue weighted by Crippen LogP contribution is 2.22. The van der Waals surface area contributed by atoms with Crippen LogP contribution >= 0.6 is 0 Å². The van der Waals surface area contributed by atoms with Crippen LogP contribution in [0, 0.1) is 0 Å². The van der Waals surface area contributed by atoms with Gasteiger partial charge in [0.15, 0.2) is 9.68 Å². The molecule has 0 aliphatic carbocycles. The van der Waals surface area contributed by atoms with Crippen molar-refractivity contribution in [3.63, 3.8) is 0 Å². The SMILES string of the molecule is CCOC(CC[Si]N=[N+]=[N-])(OCC)OCC. The maximum absolute atomic E-state index is 8.18. The van der Waals surface area contributed by atoms with Crippen LogP contribution in [0.25, 0.3) is 10.4 Å². The standard InChI is InChI=1S/C9H19N3O3Si/c1-4-13-9(14-5-2,15-6-3)7-8-16-12-11-10/h4-8H2,1-3H3. The van der Waals surface area contributed by atoms with E-state index in [1.54, 1.807) is 0 Å². The normalized spacial score (nSPS) is 11.2. The molecule has 0 aromatic carbocycles. The zero-order valence-electron chi connectivity index (χ0n) is 10.1. The summed E-state index contributed by atoms with van der Waals surface area (Å²) in [6.07, 6.45) is 0.569. The fraction of sp³-hybridized carbons (Fsp3) is 1.00. The lowest BCUT2D eigenvalue weighted by Crippen LogP contribution is -2.39. The minimum atomic E-state index is -0.976. The molecule has 0 aromatic heterocycles. The molecule has 0 unspecified atom stereocenters. The van der Waals surface area contributed by atoms with E-state index in [1.807, 2.05) is 20.8 Å². The van der Waals surface area contributed by atoms with Crippen LogP contribution in [0.1, 0.15) is 27.2 Å². The van der Waals surface area contributed by atoms with Gasteiger partial charge in [0.1, 0.15) is 0 Å². The minimum absolute atomic E-state index is 0.187. The summed E-state index contributed by atoms with van der Waals surface area (Å²) in [5.41, 5.74) is 8.18. The van der Waals surface area contributed by atoms with Crippen LogP contribution in [-0.2, 0) is 14.2 Å². The molecular weight excluding hydrogens is 226 g/mol. The van der Waals surface area contributed by atoms with Crippen molar-refractivity contribution in [2.45, 2.75) is 39.2 Å². The summed E-state index contributed by atoms with van der Waals surface area (Å²) >= 11 is 0. The lowest BCUT2D eigenvalue weighted by Gasteiger charge is -2.32. The van der Waals surface area contributed by atoms with E-state index >= 15 is 0 Å². The van der Waals surface area contributed by atoms with Gasteiger partial charge in [0.2, 0.25) is 0 Å². The number of hydrogen-bond donors (Lipinski definition) is 0. The summed E-state index contributed by atoms with van der Waals surface area (Å²) in [6.45, 7) is 7.23. The topological polar surface area (TPSA) is 76.5 Å². The van der Waals surface area contributed by atoms with Gasteiger partial charge in [0.05, 0.1) is 0 Å². The van der Waals surface area contributed by atoms with Crippen LogP contribution in [0.3, 0.4) is 0 Å². The van der Waals surface area contributed by atoms with Crippen molar-refractivity contribution in [3.05, 3.63) is 10.4 Å². The number of ether oxygens (including phenoxy) is 3. The molecule has 0 spiro atoms. The first-order valence-electron chi connectivity index (χ1n) is 5.43. The number of hydrogen-bond acceptors (Lipinski definition) is 4. The van der Waals surface area contributed by atoms with E-state index in [-0.39, 0.29) is 9.68 Å². The van der Waals surface area contributed by atoms with Gasteiger partial charge in [0.25, 0.3) is 5.97 Å². The maximum Gasteiger partial charge on any atom is 0.282 e. The Balaban J connectivity index is 4.27. The Morgan fingerprint density at radius 2 is 1.62 bits per heavy atom. The molecule has 92 valence electrons. The summed E-state index contributed by atoms with van der Waals surface area (Å²) in [6, 6.07) is 0.698. The molecule has 7 heteroatoms. The lowest BCUT2D eigenvalue weighted by molar-refractivity contribution is -0.377. The van der Waals surface area contributed by atoms with Crippen LogP contribution < -0.4 is 0 Å². The third-order valence-corrected chi connectivity index (χ3v) is 2.46. The molecule has 0 rings (SSSR count). The van der Waals surface area contributed by atoms with Crippen LogP contribution in [0.15, 0.2) is 4.78 Å². The summed E-state index contributed by atoms with van der Waals surface area (Å²) in [4.78, 5) is 2.71. The predicted molar refractivity (Wildman–Crippen MR) is 61.9 cm³/mol. The quantitative estimate of drug-likeness (QED) is 0.148. The van der Waals surface area contributed by atoms with Crippen molar-refractivity contribution < 1.29 is 14.2 Å². The first-order valence-corrected chi connectivity index (χ1v) is 6.58. The molecule has 0 saturated heterocycles. The van der Waals surface area contributed by atoms with E-state index in [9.17, 15) is 0 Å². The first kappa shape index (κ1) is 15.4. The van der Waals surface area contributed by atoms with Crippen molar-refractivity contribution in [2.24, 2.45) is 4.78 Å². The third kappa shape index (κ3) is 6.09. The van der Waals surface area contributed by atoms with Gasteiger partial charge in [0, 0.05) is 26.2 Å². The Morgan fingerprint density at radius 1 is 1.12 bits per heavy atom. The minimum Gasteiger partial charge on any atom is -0.328 e. The average Bonchev–Trinajstić information content (AvgIpc) is 2.26. The van der Waals surface area contributed by atoms with Gasteiger partial charge in [-0.3, -0.25) is 0 Å². The summed E-state index contributed by atoms with van der Waals surface area (Å²) in [7, 11) is 0.187. The molecule has 0 heterocycles. The van der Waals surface area contributed by atoms with Crippen molar-refractivity contribution >= 4 is 9.68 Å². The molecule has 0 bridgehead atoms. The molecule has 0 aliphatic heterocycles. The van der Waals surface area contributed by atoms with E-state index in [0.29, 0.717) is 32.3 Å². The van der Waals surface area contributed by atoms with Gasteiger partial charge in [-0.05, 0) is 37.3 Å². The van der Waals surface area contributed by atoms with Crippen LogP contribution in [0.5, 0.6) is 0 Å². The Morgan fingerprint density at radius 3 is 2.00 bits per heavy atom. The second-order valence-electron chi connectivity index (χ2n) is 2.83. The summed E-state index contributed by atoms with van der Waals surface area (Å²) in [5, 5.41) is 0. The van der Waals surface area contributed by atoms with Gasteiger partial charge in [-0.15, -0.1) is 4.78 Å². The highest BCUT2D eigenvalue weighted by atomic mass is 28.2. The number of rotatable bonds is 10. The molecule has 0 atom stereocenters. The zero-order chi connectivity index (χ0) is 12.3. The molecule has 0 aliphatic rings. The maximum atomic E-state index is 8.18. The van der Waals surface area contributed by atoms with E-state index in [1.165, 1.54) is 0 Å². The fourth-order valence-corrected chi connectivity index (χ4v) is 1.87. The van der Waals surface area contributed by atoms with Gasteiger partial charge >= 0.3 is 0 Å². The highest BCUT2D eigenvalue weighted by Gasteiger charge is 2.31. The van der Waals surface area contributed by atoms with Crippen molar-refractivity contribution in [1.82, 2.24) is 0 Å². The Labute approximate surface area is 98.8 Å². The van der Waals surface area contributed by atoms with Crippen molar-refractivity contribution in [2.75, 3.05) is 19.8 Å². The molecule has 0 aromatic rings. The molecule has 2 radical (unpaired) electrons. The molecule has 0 amide bonds. The first-order chi connectivity index (χ1) is 7.74. The number of nitrogens with zero attached hydrogens (tertiary/aromatic N) is 3. The second-order valence-corrected chi connectivity index (χ2v) is 3.85. The monoisotopic (exact) mass is 245 g/mol. The van der Waals surface area contributed by atoms with Crippen molar-refractivity contribution in [1.29, 1.82) is 0 Å². The molecule has 0 fully saturated rings. The Kier molecular flexibility index (Phi) is 9.26. The molecule has 0 saturated carbocycles. The number of azide groups is 1. The predicted octanol–water partition coefficient (Wildman–Crippen LogP) is 2.49. The van der Waals surface area contributed by atoms with Gasteiger partial charge in [-0.1, -0.05) is 0 Å². The largest absolute Gasteiger partial charge is 0.328 e. The van der Waals surface area contributed by atoms with Crippen LogP contribution in [0.2, 0.25) is 6.04 Å². The Hall–Kier alpha value is -0.593.